The number of methoxy groups -OCH3 is 1. The van der Waals surface area contributed by atoms with Gasteiger partial charge in [0.2, 0.25) is 0 Å². The zero-order valence-electron chi connectivity index (χ0n) is 10.9. The van der Waals surface area contributed by atoms with E-state index in [4.69, 9.17) is 9.47 Å². The maximum atomic E-state index is 11.1. The van der Waals surface area contributed by atoms with Crippen LogP contribution in [0.5, 0.6) is 0 Å². The Morgan fingerprint density at radius 3 is 2.47 bits per heavy atom. The van der Waals surface area contributed by atoms with E-state index >= 15 is 0 Å². The molecule has 0 amide bonds. The molecule has 1 fully saturated rings. The molecule has 3 nitrogen and oxygen atoms in total. The monoisotopic (exact) mass is 240 g/mol. The van der Waals surface area contributed by atoms with Crippen LogP contribution in [0.1, 0.15) is 51.4 Å². The van der Waals surface area contributed by atoms with E-state index in [0.29, 0.717) is 5.57 Å². The van der Waals surface area contributed by atoms with Crippen LogP contribution in [0.4, 0.5) is 0 Å². The van der Waals surface area contributed by atoms with E-state index in [2.05, 4.69) is 6.58 Å². The maximum Gasteiger partial charge on any atom is 0.333 e. The molecule has 1 saturated heterocycles. The number of ether oxygens (including phenoxy) is 2. The Kier molecular flexibility index (Phi) is 6.94. The van der Waals surface area contributed by atoms with Gasteiger partial charge in [0.15, 0.2) is 0 Å². The molecule has 17 heavy (non-hydrogen) atoms. The van der Waals surface area contributed by atoms with Crippen molar-refractivity contribution in [2.45, 2.75) is 57.5 Å². The topological polar surface area (TPSA) is 35.5 Å². The number of carbonyl (C=O) groups is 1. The van der Waals surface area contributed by atoms with Crippen LogP contribution in [0.15, 0.2) is 12.2 Å². The molecule has 1 rings (SSSR count). The Labute approximate surface area is 104 Å². The summed E-state index contributed by atoms with van der Waals surface area (Å²) >= 11 is 0. The molecule has 0 radical (unpaired) electrons. The molecule has 0 aromatic heterocycles. The van der Waals surface area contributed by atoms with Crippen molar-refractivity contribution in [3.8, 4) is 0 Å². The fourth-order valence-corrected chi connectivity index (χ4v) is 2.12. The summed E-state index contributed by atoms with van der Waals surface area (Å²) in [5.74, 6) is -0.199. The van der Waals surface area contributed by atoms with Crippen molar-refractivity contribution >= 4 is 5.97 Å². The van der Waals surface area contributed by atoms with Crippen molar-refractivity contribution in [1.29, 1.82) is 0 Å². The Morgan fingerprint density at radius 2 is 1.88 bits per heavy atom. The highest BCUT2D eigenvalue weighted by atomic mass is 16.5. The summed E-state index contributed by atoms with van der Waals surface area (Å²) in [6.45, 7) is 4.56. The van der Waals surface area contributed by atoms with E-state index in [0.717, 1.165) is 32.3 Å². The average Bonchev–Trinajstić information content (AvgIpc) is 2.62. The van der Waals surface area contributed by atoms with Gasteiger partial charge in [0.1, 0.15) is 6.10 Å². The zero-order chi connectivity index (χ0) is 12.5. The van der Waals surface area contributed by atoms with Crippen LogP contribution in [-0.4, -0.2) is 25.8 Å². The standard InChI is InChI=1S/C14H24O3/c1-12-11-13(17-14(12)15)9-7-5-3-4-6-8-10-16-2/h13H,1,3-11H2,2H3. The van der Waals surface area contributed by atoms with Crippen LogP contribution in [-0.2, 0) is 14.3 Å². The van der Waals surface area contributed by atoms with Gasteiger partial charge in [0.25, 0.3) is 0 Å². The average molecular weight is 240 g/mol. The van der Waals surface area contributed by atoms with E-state index in [1.807, 2.05) is 0 Å². The van der Waals surface area contributed by atoms with Crippen molar-refractivity contribution in [3.63, 3.8) is 0 Å². The first-order valence-electron chi connectivity index (χ1n) is 6.61. The molecule has 1 aliphatic heterocycles. The highest BCUT2D eigenvalue weighted by Gasteiger charge is 2.26. The van der Waals surface area contributed by atoms with Crippen LogP contribution < -0.4 is 0 Å². The van der Waals surface area contributed by atoms with Crippen molar-refractivity contribution in [3.05, 3.63) is 12.2 Å². The molecule has 0 aromatic carbocycles. The molecule has 0 saturated carbocycles. The first-order valence-corrected chi connectivity index (χ1v) is 6.61. The highest BCUT2D eigenvalue weighted by Crippen LogP contribution is 2.23. The zero-order valence-corrected chi connectivity index (χ0v) is 10.9. The molecule has 0 aliphatic carbocycles. The van der Waals surface area contributed by atoms with Crippen LogP contribution in [0.25, 0.3) is 0 Å². The fourth-order valence-electron chi connectivity index (χ4n) is 2.12. The van der Waals surface area contributed by atoms with Gasteiger partial charge in [0, 0.05) is 25.7 Å². The van der Waals surface area contributed by atoms with Crippen molar-refractivity contribution in [1.82, 2.24) is 0 Å². The Hall–Kier alpha value is -0.830. The largest absolute Gasteiger partial charge is 0.459 e. The van der Waals surface area contributed by atoms with E-state index in [-0.39, 0.29) is 12.1 Å². The summed E-state index contributed by atoms with van der Waals surface area (Å²) in [7, 11) is 1.75. The smallest absolute Gasteiger partial charge is 0.333 e. The second kappa shape index (κ2) is 8.29. The van der Waals surface area contributed by atoms with Crippen molar-refractivity contribution in [2.75, 3.05) is 13.7 Å². The fraction of sp³-hybridized carbons (Fsp3) is 0.786. The number of cyclic esters (lactones) is 1. The van der Waals surface area contributed by atoms with Gasteiger partial charge in [-0.2, -0.15) is 0 Å². The van der Waals surface area contributed by atoms with E-state index in [1.165, 1.54) is 25.7 Å². The number of rotatable bonds is 9. The van der Waals surface area contributed by atoms with E-state index in [1.54, 1.807) is 7.11 Å². The predicted molar refractivity (Wildman–Crippen MR) is 67.8 cm³/mol. The number of hydrogen-bond acceptors (Lipinski definition) is 3. The predicted octanol–water partition coefficient (Wildman–Crippen LogP) is 3.24. The normalized spacial score (nSPS) is 19.7. The number of hydrogen-bond donors (Lipinski definition) is 0. The van der Waals surface area contributed by atoms with Gasteiger partial charge in [-0.05, 0) is 19.3 Å². The highest BCUT2D eigenvalue weighted by molar-refractivity contribution is 5.89. The van der Waals surface area contributed by atoms with Crippen molar-refractivity contribution < 1.29 is 14.3 Å². The lowest BCUT2D eigenvalue weighted by Gasteiger charge is -2.07. The summed E-state index contributed by atoms with van der Waals surface area (Å²) < 4.78 is 10.2. The Bertz CT molecular complexity index is 232. The summed E-state index contributed by atoms with van der Waals surface area (Å²) in [6, 6.07) is 0. The lowest BCUT2D eigenvalue weighted by Crippen LogP contribution is -2.06. The molecule has 1 unspecified atom stereocenters. The summed E-state index contributed by atoms with van der Waals surface area (Å²) in [6.07, 6.45) is 9.16. The summed E-state index contributed by atoms with van der Waals surface area (Å²) in [5, 5.41) is 0. The number of carbonyl (C=O) groups excluding carboxylic acids is 1. The molecular formula is C14H24O3. The molecule has 1 aliphatic rings. The van der Waals surface area contributed by atoms with Gasteiger partial charge < -0.3 is 9.47 Å². The molecule has 98 valence electrons. The molecule has 0 N–H and O–H groups in total. The first-order chi connectivity index (χ1) is 8.24. The van der Waals surface area contributed by atoms with Crippen LogP contribution in [0.2, 0.25) is 0 Å². The SMILES string of the molecule is C=C1CC(CCCCCCCCOC)OC1=O. The minimum atomic E-state index is -0.199. The molecule has 0 aromatic rings. The molecule has 1 atom stereocenters. The van der Waals surface area contributed by atoms with Crippen molar-refractivity contribution in [2.24, 2.45) is 0 Å². The summed E-state index contributed by atoms with van der Waals surface area (Å²) in [4.78, 5) is 11.1. The van der Waals surface area contributed by atoms with Gasteiger partial charge in [-0.3, -0.25) is 0 Å². The molecule has 1 heterocycles. The van der Waals surface area contributed by atoms with Crippen LogP contribution >= 0.6 is 0 Å². The Balaban J connectivity index is 1.88. The van der Waals surface area contributed by atoms with Gasteiger partial charge in [-0.1, -0.05) is 32.3 Å². The molecule has 0 bridgehead atoms. The third-order valence-electron chi connectivity index (χ3n) is 3.16. The lowest BCUT2D eigenvalue weighted by molar-refractivity contribution is -0.139. The first kappa shape index (κ1) is 14.2. The number of esters is 1. The Morgan fingerprint density at radius 1 is 1.24 bits per heavy atom. The minimum Gasteiger partial charge on any atom is -0.459 e. The van der Waals surface area contributed by atoms with E-state index < -0.39 is 0 Å². The minimum absolute atomic E-state index is 0.100. The maximum absolute atomic E-state index is 11.1. The van der Waals surface area contributed by atoms with Gasteiger partial charge in [-0.15, -0.1) is 0 Å². The second-order valence-electron chi connectivity index (χ2n) is 4.74. The third-order valence-corrected chi connectivity index (χ3v) is 3.16. The van der Waals surface area contributed by atoms with Crippen LogP contribution in [0, 0.1) is 0 Å². The summed E-state index contributed by atoms with van der Waals surface area (Å²) in [5.41, 5.74) is 0.634. The molecule has 0 spiro atoms. The third kappa shape index (κ3) is 5.87. The van der Waals surface area contributed by atoms with E-state index in [9.17, 15) is 4.79 Å². The number of unbranched alkanes of at least 4 members (excludes halogenated alkanes) is 5. The van der Waals surface area contributed by atoms with Crippen LogP contribution in [0.3, 0.4) is 0 Å². The quantitative estimate of drug-likeness (QED) is 0.352. The molecule has 3 heteroatoms. The molecular weight excluding hydrogens is 216 g/mol. The van der Waals surface area contributed by atoms with Gasteiger partial charge in [-0.25, -0.2) is 4.79 Å². The second-order valence-corrected chi connectivity index (χ2v) is 4.74. The van der Waals surface area contributed by atoms with Gasteiger partial charge in [0.05, 0.1) is 0 Å². The van der Waals surface area contributed by atoms with Gasteiger partial charge >= 0.3 is 5.97 Å². The lowest BCUT2D eigenvalue weighted by atomic mass is 10.0.